The summed E-state index contributed by atoms with van der Waals surface area (Å²) in [6.45, 7) is 2.70. The quantitative estimate of drug-likeness (QED) is 0.815. The molecule has 2 rings (SSSR count). The van der Waals surface area contributed by atoms with Gasteiger partial charge in [-0.05, 0) is 6.42 Å². The van der Waals surface area contributed by atoms with E-state index in [-0.39, 0.29) is 6.10 Å². The molecular weight excluding hydrogens is 200 g/mol. The van der Waals surface area contributed by atoms with E-state index in [0.717, 1.165) is 25.0 Å². The molecule has 1 unspecified atom stereocenters. The minimum atomic E-state index is -0.868. The molecule has 4 heteroatoms. The summed E-state index contributed by atoms with van der Waals surface area (Å²) in [5.41, 5.74) is 0.529. The Morgan fingerprint density at radius 1 is 1.40 bits per heavy atom. The maximum absolute atomic E-state index is 12.9. The Morgan fingerprint density at radius 2 is 2.13 bits per heavy atom. The number of rotatable bonds is 2. The zero-order valence-electron chi connectivity index (χ0n) is 8.52. The van der Waals surface area contributed by atoms with Gasteiger partial charge < -0.3 is 10.1 Å². The van der Waals surface area contributed by atoms with E-state index in [9.17, 15) is 8.78 Å². The van der Waals surface area contributed by atoms with Crippen LogP contribution in [0.2, 0.25) is 0 Å². The second-order valence-corrected chi connectivity index (χ2v) is 3.67. The third-order valence-corrected chi connectivity index (χ3v) is 2.45. The first kappa shape index (κ1) is 10.2. The first-order chi connectivity index (χ1) is 7.20. The lowest BCUT2D eigenvalue weighted by molar-refractivity contribution is 0.193. The standard InChI is InChI=1S/C11H13F2NO/c1-2-3-7-6-14-10-4-8(12)9(13)5-11(10)15-7/h4-5,7,14H,2-3,6H2,1H3. The smallest absolute Gasteiger partial charge is 0.162 e. The van der Waals surface area contributed by atoms with E-state index in [1.807, 2.05) is 0 Å². The molecule has 2 nitrogen and oxygen atoms in total. The van der Waals surface area contributed by atoms with Crippen LogP contribution in [0.15, 0.2) is 12.1 Å². The molecule has 0 amide bonds. The van der Waals surface area contributed by atoms with Gasteiger partial charge >= 0.3 is 0 Å². The average molecular weight is 213 g/mol. The van der Waals surface area contributed by atoms with Crippen LogP contribution in [0.1, 0.15) is 19.8 Å². The van der Waals surface area contributed by atoms with Crippen molar-refractivity contribution < 1.29 is 13.5 Å². The zero-order valence-corrected chi connectivity index (χ0v) is 8.52. The summed E-state index contributed by atoms with van der Waals surface area (Å²) in [4.78, 5) is 0. The van der Waals surface area contributed by atoms with Gasteiger partial charge in [0.05, 0.1) is 12.2 Å². The molecule has 82 valence electrons. The molecule has 1 atom stereocenters. The van der Waals surface area contributed by atoms with Crippen molar-refractivity contribution in [3.63, 3.8) is 0 Å². The summed E-state index contributed by atoms with van der Waals surface area (Å²) in [6, 6.07) is 2.23. The highest BCUT2D eigenvalue weighted by Crippen LogP contribution is 2.31. The van der Waals surface area contributed by atoms with Crippen molar-refractivity contribution >= 4 is 5.69 Å². The molecule has 1 heterocycles. The van der Waals surface area contributed by atoms with Crippen LogP contribution in [-0.2, 0) is 0 Å². The Labute approximate surface area is 87.2 Å². The maximum Gasteiger partial charge on any atom is 0.162 e. The fraction of sp³-hybridized carbons (Fsp3) is 0.455. The number of ether oxygens (including phenoxy) is 1. The number of benzene rings is 1. The van der Waals surface area contributed by atoms with Crippen LogP contribution < -0.4 is 10.1 Å². The van der Waals surface area contributed by atoms with E-state index in [4.69, 9.17) is 4.74 Å². The lowest BCUT2D eigenvalue weighted by Crippen LogP contribution is -2.30. The number of halogens is 2. The van der Waals surface area contributed by atoms with E-state index < -0.39 is 11.6 Å². The second-order valence-electron chi connectivity index (χ2n) is 3.67. The molecule has 15 heavy (non-hydrogen) atoms. The van der Waals surface area contributed by atoms with Crippen LogP contribution in [0.3, 0.4) is 0 Å². The Bertz CT molecular complexity index is 368. The molecule has 1 aromatic rings. The van der Waals surface area contributed by atoms with Crippen molar-refractivity contribution in [1.29, 1.82) is 0 Å². The van der Waals surface area contributed by atoms with Crippen molar-refractivity contribution in [1.82, 2.24) is 0 Å². The summed E-state index contributed by atoms with van der Waals surface area (Å²) in [5.74, 6) is -1.31. The SMILES string of the molecule is CCCC1CNc2cc(F)c(F)cc2O1. The Hall–Kier alpha value is -1.32. The minimum Gasteiger partial charge on any atom is -0.486 e. The minimum absolute atomic E-state index is 0.0485. The van der Waals surface area contributed by atoms with Crippen molar-refractivity contribution in [2.75, 3.05) is 11.9 Å². The normalized spacial score (nSPS) is 19.0. The lowest BCUT2D eigenvalue weighted by atomic mass is 10.1. The van der Waals surface area contributed by atoms with Gasteiger partial charge in [-0.15, -0.1) is 0 Å². The van der Waals surface area contributed by atoms with Gasteiger partial charge in [0.15, 0.2) is 11.6 Å². The zero-order chi connectivity index (χ0) is 10.8. The van der Waals surface area contributed by atoms with Crippen molar-refractivity contribution in [3.05, 3.63) is 23.8 Å². The Balaban J connectivity index is 2.22. The summed E-state index contributed by atoms with van der Waals surface area (Å²) in [5, 5.41) is 3.03. The van der Waals surface area contributed by atoms with Gasteiger partial charge in [-0.2, -0.15) is 0 Å². The first-order valence-corrected chi connectivity index (χ1v) is 5.10. The van der Waals surface area contributed by atoms with Gasteiger partial charge in [-0.1, -0.05) is 13.3 Å². The molecule has 0 aliphatic carbocycles. The van der Waals surface area contributed by atoms with Crippen molar-refractivity contribution in [2.45, 2.75) is 25.9 Å². The molecule has 1 aromatic carbocycles. The van der Waals surface area contributed by atoms with Crippen LogP contribution in [0.4, 0.5) is 14.5 Å². The number of hydrogen-bond donors (Lipinski definition) is 1. The van der Waals surface area contributed by atoms with E-state index in [2.05, 4.69) is 12.2 Å². The third-order valence-electron chi connectivity index (χ3n) is 2.45. The molecule has 1 N–H and O–H groups in total. The number of hydrogen-bond acceptors (Lipinski definition) is 2. The summed E-state index contributed by atoms with van der Waals surface area (Å²) < 4.78 is 31.4. The van der Waals surface area contributed by atoms with E-state index in [1.54, 1.807) is 0 Å². The number of nitrogens with one attached hydrogen (secondary N) is 1. The number of fused-ring (bicyclic) bond motifs is 1. The maximum atomic E-state index is 12.9. The molecule has 0 saturated heterocycles. The van der Waals surface area contributed by atoms with Gasteiger partial charge in [-0.3, -0.25) is 0 Å². The summed E-state index contributed by atoms with van der Waals surface area (Å²) in [6.07, 6.45) is 1.96. The van der Waals surface area contributed by atoms with Gasteiger partial charge in [0, 0.05) is 12.1 Å². The summed E-state index contributed by atoms with van der Waals surface area (Å²) in [7, 11) is 0. The van der Waals surface area contributed by atoms with Crippen LogP contribution in [0.5, 0.6) is 5.75 Å². The molecule has 0 radical (unpaired) electrons. The van der Waals surface area contributed by atoms with Gasteiger partial charge in [0.1, 0.15) is 11.9 Å². The predicted molar refractivity (Wildman–Crippen MR) is 54.2 cm³/mol. The molecule has 0 fully saturated rings. The molecular formula is C11H13F2NO. The highest BCUT2D eigenvalue weighted by molar-refractivity contribution is 5.58. The monoisotopic (exact) mass is 213 g/mol. The summed E-state index contributed by atoms with van der Waals surface area (Å²) >= 11 is 0. The molecule has 0 spiro atoms. The van der Waals surface area contributed by atoms with Gasteiger partial charge in [0.2, 0.25) is 0 Å². The molecule has 0 bridgehead atoms. The number of anilines is 1. The largest absolute Gasteiger partial charge is 0.486 e. The fourth-order valence-electron chi connectivity index (χ4n) is 1.69. The Kier molecular flexibility index (Phi) is 2.75. The molecule has 1 aliphatic rings. The highest BCUT2D eigenvalue weighted by Gasteiger charge is 2.20. The molecule has 0 aromatic heterocycles. The second kappa shape index (κ2) is 4.04. The van der Waals surface area contributed by atoms with E-state index in [0.29, 0.717) is 18.0 Å². The average Bonchev–Trinajstić information content (AvgIpc) is 2.21. The van der Waals surface area contributed by atoms with E-state index >= 15 is 0 Å². The van der Waals surface area contributed by atoms with Crippen LogP contribution in [-0.4, -0.2) is 12.6 Å². The van der Waals surface area contributed by atoms with Crippen molar-refractivity contribution in [2.24, 2.45) is 0 Å². The predicted octanol–water partition coefficient (Wildman–Crippen LogP) is 2.94. The van der Waals surface area contributed by atoms with Crippen LogP contribution in [0.25, 0.3) is 0 Å². The van der Waals surface area contributed by atoms with Crippen LogP contribution >= 0.6 is 0 Å². The van der Waals surface area contributed by atoms with Gasteiger partial charge in [0.25, 0.3) is 0 Å². The highest BCUT2D eigenvalue weighted by atomic mass is 19.2. The lowest BCUT2D eigenvalue weighted by Gasteiger charge is -2.27. The van der Waals surface area contributed by atoms with E-state index in [1.165, 1.54) is 0 Å². The van der Waals surface area contributed by atoms with Crippen LogP contribution in [0, 0.1) is 11.6 Å². The third kappa shape index (κ3) is 2.03. The van der Waals surface area contributed by atoms with Crippen molar-refractivity contribution in [3.8, 4) is 5.75 Å². The van der Waals surface area contributed by atoms with Gasteiger partial charge in [-0.25, -0.2) is 8.78 Å². The molecule has 1 aliphatic heterocycles. The molecule has 0 saturated carbocycles. The fourth-order valence-corrected chi connectivity index (χ4v) is 1.69. The topological polar surface area (TPSA) is 21.3 Å². The Morgan fingerprint density at radius 3 is 2.87 bits per heavy atom. The first-order valence-electron chi connectivity index (χ1n) is 5.10.